The minimum Gasteiger partial charge on any atom is -0.461 e. The molecule has 0 aliphatic rings. The summed E-state index contributed by atoms with van der Waals surface area (Å²) in [6.07, 6.45) is -0.190. The maximum absolute atomic E-state index is 11.7. The summed E-state index contributed by atoms with van der Waals surface area (Å²) < 4.78 is 15.4. The zero-order valence-electron chi connectivity index (χ0n) is 13.1. The number of rotatable bonds is 5. The van der Waals surface area contributed by atoms with Gasteiger partial charge in [0.2, 0.25) is 0 Å². The van der Waals surface area contributed by atoms with Crippen molar-refractivity contribution in [1.82, 2.24) is 10.3 Å². The molecule has 0 radical (unpaired) electrons. The van der Waals surface area contributed by atoms with Crippen molar-refractivity contribution < 1.29 is 23.5 Å². The number of carbonyl (C=O) groups is 2. The molecule has 1 N–H and O–H groups in total. The third-order valence-corrected chi connectivity index (χ3v) is 2.29. The molecule has 21 heavy (non-hydrogen) atoms. The number of hydrogen-bond acceptors (Lipinski definition) is 6. The predicted molar refractivity (Wildman–Crippen MR) is 75.1 cm³/mol. The van der Waals surface area contributed by atoms with Crippen LogP contribution < -0.4 is 5.32 Å². The van der Waals surface area contributed by atoms with E-state index in [1.165, 1.54) is 0 Å². The molecule has 1 rings (SSSR count). The molecule has 0 saturated carbocycles. The standard InChI is InChI=1S/C14H22N2O5/c1-6-19-12(17)11-10(20-9(2)16-11)7-8-15-13(18)21-14(3,4)5/h6-8H2,1-5H3,(H,15,18). The summed E-state index contributed by atoms with van der Waals surface area (Å²) in [6.45, 7) is 9.25. The molecule has 0 saturated heterocycles. The fourth-order valence-electron chi connectivity index (χ4n) is 1.59. The number of ether oxygens (including phenoxy) is 2. The number of nitrogens with zero attached hydrogens (tertiary/aromatic N) is 1. The first-order chi connectivity index (χ1) is 9.73. The molecule has 0 spiro atoms. The number of hydrogen-bond donors (Lipinski definition) is 1. The number of aryl methyl sites for hydroxylation is 1. The van der Waals surface area contributed by atoms with Gasteiger partial charge in [-0.25, -0.2) is 14.6 Å². The van der Waals surface area contributed by atoms with Crippen molar-refractivity contribution in [2.45, 2.75) is 46.6 Å². The molecular formula is C14H22N2O5. The fourth-order valence-corrected chi connectivity index (χ4v) is 1.59. The zero-order chi connectivity index (χ0) is 16.0. The Morgan fingerprint density at radius 1 is 1.33 bits per heavy atom. The van der Waals surface area contributed by atoms with Gasteiger partial charge < -0.3 is 19.2 Å². The Balaban J connectivity index is 2.56. The zero-order valence-corrected chi connectivity index (χ0v) is 13.1. The molecule has 1 aromatic rings. The smallest absolute Gasteiger partial charge is 0.407 e. The van der Waals surface area contributed by atoms with E-state index in [1.54, 1.807) is 34.6 Å². The third-order valence-electron chi connectivity index (χ3n) is 2.29. The molecule has 0 fully saturated rings. The van der Waals surface area contributed by atoms with E-state index in [2.05, 4.69) is 10.3 Å². The van der Waals surface area contributed by atoms with Crippen LogP contribution in [0.25, 0.3) is 0 Å². The lowest BCUT2D eigenvalue weighted by molar-refractivity contribution is 0.0516. The van der Waals surface area contributed by atoms with E-state index in [9.17, 15) is 9.59 Å². The minimum atomic E-state index is -0.553. The van der Waals surface area contributed by atoms with Crippen LogP contribution in [-0.4, -0.2) is 35.8 Å². The normalized spacial score (nSPS) is 11.1. The predicted octanol–water partition coefficient (Wildman–Crippen LogP) is 2.23. The second-order valence-corrected chi connectivity index (χ2v) is 5.40. The van der Waals surface area contributed by atoms with E-state index >= 15 is 0 Å². The maximum Gasteiger partial charge on any atom is 0.407 e. The Morgan fingerprint density at radius 3 is 2.57 bits per heavy atom. The lowest BCUT2D eigenvalue weighted by Crippen LogP contribution is -2.33. The van der Waals surface area contributed by atoms with Gasteiger partial charge in [-0.15, -0.1) is 0 Å². The van der Waals surface area contributed by atoms with Gasteiger partial charge in [0.15, 0.2) is 11.6 Å². The first-order valence-electron chi connectivity index (χ1n) is 6.83. The Morgan fingerprint density at radius 2 is 2.00 bits per heavy atom. The van der Waals surface area contributed by atoms with E-state index in [0.29, 0.717) is 18.1 Å². The molecule has 0 aromatic carbocycles. The fraction of sp³-hybridized carbons (Fsp3) is 0.643. The SMILES string of the molecule is CCOC(=O)c1nc(C)oc1CCNC(=O)OC(C)(C)C. The van der Waals surface area contributed by atoms with E-state index in [-0.39, 0.29) is 18.8 Å². The highest BCUT2D eigenvalue weighted by Gasteiger charge is 2.20. The van der Waals surface area contributed by atoms with Gasteiger partial charge in [-0.1, -0.05) is 0 Å². The van der Waals surface area contributed by atoms with Gasteiger partial charge in [-0.05, 0) is 27.7 Å². The number of alkyl carbamates (subject to hydrolysis) is 1. The summed E-state index contributed by atoms with van der Waals surface area (Å²) in [7, 11) is 0. The molecular weight excluding hydrogens is 276 g/mol. The van der Waals surface area contributed by atoms with Gasteiger partial charge in [-0.2, -0.15) is 0 Å². The van der Waals surface area contributed by atoms with Crippen molar-refractivity contribution in [2.24, 2.45) is 0 Å². The van der Waals surface area contributed by atoms with Crippen LogP contribution in [0.5, 0.6) is 0 Å². The number of oxazole rings is 1. The molecule has 1 amide bonds. The van der Waals surface area contributed by atoms with Crippen LogP contribution in [-0.2, 0) is 15.9 Å². The van der Waals surface area contributed by atoms with E-state index in [0.717, 1.165) is 0 Å². The Kier molecular flexibility index (Phi) is 5.75. The molecule has 0 aliphatic heterocycles. The second-order valence-electron chi connectivity index (χ2n) is 5.40. The van der Waals surface area contributed by atoms with Crippen molar-refractivity contribution in [3.63, 3.8) is 0 Å². The van der Waals surface area contributed by atoms with Crippen LogP contribution in [0.1, 0.15) is 49.8 Å². The molecule has 1 aromatic heterocycles. The quantitative estimate of drug-likeness (QED) is 0.838. The van der Waals surface area contributed by atoms with Crippen LogP contribution in [0, 0.1) is 6.92 Å². The average molecular weight is 298 g/mol. The van der Waals surface area contributed by atoms with Gasteiger partial charge in [0.05, 0.1) is 6.61 Å². The molecule has 1 heterocycles. The van der Waals surface area contributed by atoms with Crippen LogP contribution >= 0.6 is 0 Å². The van der Waals surface area contributed by atoms with Gasteiger partial charge in [0.25, 0.3) is 0 Å². The molecule has 0 atom stereocenters. The van der Waals surface area contributed by atoms with Gasteiger partial charge in [0.1, 0.15) is 11.4 Å². The second kappa shape index (κ2) is 7.10. The largest absolute Gasteiger partial charge is 0.461 e. The Bertz CT molecular complexity index is 502. The van der Waals surface area contributed by atoms with Crippen molar-refractivity contribution in [1.29, 1.82) is 0 Å². The summed E-state index contributed by atoms with van der Waals surface area (Å²) in [4.78, 5) is 27.2. The van der Waals surface area contributed by atoms with Gasteiger partial charge in [-0.3, -0.25) is 0 Å². The summed E-state index contributed by atoms with van der Waals surface area (Å²) in [5.74, 6) is 0.244. The van der Waals surface area contributed by atoms with Crippen molar-refractivity contribution >= 4 is 12.1 Å². The first-order valence-corrected chi connectivity index (χ1v) is 6.83. The summed E-state index contributed by atoms with van der Waals surface area (Å²) in [5.41, 5.74) is -0.399. The summed E-state index contributed by atoms with van der Waals surface area (Å²) in [6, 6.07) is 0. The molecule has 0 aliphatic carbocycles. The Labute approximate surface area is 124 Å². The van der Waals surface area contributed by atoms with Crippen molar-refractivity contribution in [3.05, 3.63) is 17.3 Å². The molecule has 7 nitrogen and oxygen atoms in total. The molecule has 0 bridgehead atoms. The molecule has 0 unspecified atom stereocenters. The monoisotopic (exact) mass is 298 g/mol. The topological polar surface area (TPSA) is 90.7 Å². The van der Waals surface area contributed by atoms with Crippen LogP contribution in [0.4, 0.5) is 4.79 Å². The van der Waals surface area contributed by atoms with Crippen molar-refractivity contribution in [2.75, 3.05) is 13.2 Å². The number of carbonyl (C=O) groups excluding carboxylic acids is 2. The molecule has 118 valence electrons. The number of nitrogens with one attached hydrogen (secondary N) is 1. The van der Waals surface area contributed by atoms with Crippen molar-refractivity contribution in [3.8, 4) is 0 Å². The van der Waals surface area contributed by atoms with Gasteiger partial charge in [0, 0.05) is 19.9 Å². The van der Waals surface area contributed by atoms with Gasteiger partial charge >= 0.3 is 12.1 Å². The van der Waals surface area contributed by atoms with Crippen LogP contribution in [0.3, 0.4) is 0 Å². The lowest BCUT2D eigenvalue weighted by Gasteiger charge is -2.19. The first kappa shape index (κ1) is 17.0. The highest BCUT2D eigenvalue weighted by Crippen LogP contribution is 2.13. The summed E-state index contributed by atoms with van der Waals surface area (Å²) >= 11 is 0. The highest BCUT2D eigenvalue weighted by molar-refractivity contribution is 5.88. The minimum absolute atomic E-state index is 0.153. The van der Waals surface area contributed by atoms with E-state index in [4.69, 9.17) is 13.9 Å². The number of esters is 1. The number of amides is 1. The third kappa shape index (κ3) is 5.85. The summed E-state index contributed by atoms with van der Waals surface area (Å²) in [5, 5.41) is 2.59. The maximum atomic E-state index is 11.7. The Hall–Kier alpha value is -2.05. The highest BCUT2D eigenvalue weighted by atomic mass is 16.6. The van der Waals surface area contributed by atoms with E-state index in [1.807, 2.05) is 0 Å². The van der Waals surface area contributed by atoms with Crippen LogP contribution in [0.15, 0.2) is 4.42 Å². The van der Waals surface area contributed by atoms with E-state index < -0.39 is 17.7 Å². The van der Waals surface area contributed by atoms with Crippen LogP contribution in [0.2, 0.25) is 0 Å². The average Bonchev–Trinajstić information content (AvgIpc) is 2.68. The molecule has 7 heteroatoms. The number of aromatic nitrogens is 1. The lowest BCUT2D eigenvalue weighted by atomic mass is 10.2.